The minimum atomic E-state index is -1.49. The Hall–Kier alpha value is -1.34. The summed E-state index contributed by atoms with van der Waals surface area (Å²) in [6.45, 7) is 1.55. The Labute approximate surface area is 119 Å². The average Bonchev–Trinajstić information content (AvgIpc) is 2.87. The van der Waals surface area contributed by atoms with E-state index >= 15 is 0 Å². The molecular weight excluding hydrogens is 250 g/mol. The first-order valence-electron chi connectivity index (χ1n) is 7.70. The second-order valence-electron chi connectivity index (χ2n) is 7.45. The third-order valence-corrected chi connectivity index (χ3v) is 5.81. The Kier molecular flexibility index (Phi) is 2.39. The highest BCUT2D eigenvalue weighted by Gasteiger charge is 2.53. The number of nitriles is 1. The van der Waals surface area contributed by atoms with Crippen LogP contribution in [0.15, 0.2) is 12.4 Å². The molecule has 4 aliphatic rings. The largest absolute Gasteiger partial charge is 0.369 e. The van der Waals surface area contributed by atoms with Crippen LogP contribution in [0.25, 0.3) is 0 Å². The van der Waals surface area contributed by atoms with Crippen LogP contribution in [0.5, 0.6) is 0 Å². The van der Waals surface area contributed by atoms with Crippen molar-refractivity contribution in [3.05, 3.63) is 18.2 Å². The lowest BCUT2D eigenvalue weighted by Crippen LogP contribution is -2.52. The minimum absolute atomic E-state index is 0.113. The normalized spacial score (nSPS) is 41.4. The fourth-order valence-electron chi connectivity index (χ4n) is 5.46. The molecule has 4 bridgehead atoms. The van der Waals surface area contributed by atoms with Crippen molar-refractivity contribution < 1.29 is 5.11 Å². The van der Waals surface area contributed by atoms with Gasteiger partial charge in [-0.3, -0.25) is 0 Å². The Morgan fingerprint density at radius 1 is 1.30 bits per heavy atom. The zero-order chi connectivity index (χ0) is 14.0. The van der Waals surface area contributed by atoms with Crippen molar-refractivity contribution in [1.82, 2.24) is 9.55 Å². The lowest BCUT2D eigenvalue weighted by atomic mass is 9.53. The van der Waals surface area contributed by atoms with E-state index < -0.39 is 5.60 Å². The first-order chi connectivity index (χ1) is 9.52. The van der Waals surface area contributed by atoms with Crippen LogP contribution in [0.2, 0.25) is 0 Å². The van der Waals surface area contributed by atoms with E-state index in [9.17, 15) is 10.4 Å². The summed E-state index contributed by atoms with van der Waals surface area (Å²) in [6.07, 6.45) is 11.5. The van der Waals surface area contributed by atoms with Crippen molar-refractivity contribution in [2.24, 2.45) is 17.8 Å². The van der Waals surface area contributed by atoms with Crippen LogP contribution in [0.1, 0.15) is 51.3 Å². The van der Waals surface area contributed by atoms with Crippen molar-refractivity contribution in [3.8, 4) is 6.07 Å². The van der Waals surface area contributed by atoms with Gasteiger partial charge in [0.15, 0.2) is 5.82 Å². The minimum Gasteiger partial charge on any atom is -0.369 e. The lowest BCUT2D eigenvalue weighted by molar-refractivity contribution is -0.0493. The van der Waals surface area contributed by atoms with Crippen LogP contribution in [-0.2, 0) is 11.1 Å². The van der Waals surface area contributed by atoms with Gasteiger partial charge >= 0.3 is 0 Å². The molecule has 4 saturated carbocycles. The molecular formula is C16H21N3O. The van der Waals surface area contributed by atoms with Gasteiger partial charge in [0.05, 0.1) is 0 Å². The van der Waals surface area contributed by atoms with Gasteiger partial charge in [0.1, 0.15) is 6.07 Å². The van der Waals surface area contributed by atoms with Crippen LogP contribution in [-0.4, -0.2) is 14.7 Å². The first-order valence-corrected chi connectivity index (χ1v) is 7.70. The summed E-state index contributed by atoms with van der Waals surface area (Å²) in [7, 11) is 0. The van der Waals surface area contributed by atoms with Gasteiger partial charge in [-0.05, 0) is 63.2 Å². The monoisotopic (exact) mass is 271 g/mol. The highest BCUT2D eigenvalue weighted by molar-refractivity contribution is 5.18. The molecule has 0 saturated heterocycles. The van der Waals surface area contributed by atoms with E-state index in [2.05, 4.69) is 9.55 Å². The second-order valence-corrected chi connectivity index (χ2v) is 7.45. The van der Waals surface area contributed by atoms with Crippen LogP contribution in [0.3, 0.4) is 0 Å². The Balaban J connectivity index is 1.79. The number of hydrogen-bond acceptors (Lipinski definition) is 3. The zero-order valence-electron chi connectivity index (χ0n) is 11.9. The molecule has 4 aliphatic carbocycles. The molecule has 106 valence electrons. The van der Waals surface area contributed by atoms with E-state index in [0.29, 0.717) is 5.82 Å². The maximum atomic E-state index is 10.3. The molecule has 4 heteroatoms. The fraction of sp³-hybridized carbons (Fsp3) is 0.750. The highest BCUT2D eigenvalue weighted by Crippen LogP contribution is 2.59. The average molecular weight is 271 g/mol. The molecule has 4 nitrogen and oxygen atoms in total. The third-order valence-electron chi connectivity index (χ3n) is 5.81. The molecule has 1 atom stereocenters. The van der Waals surface area contributed by atoms with Crippen LogP contribution in [0.4, 0.5) is 0 Å². The maximum Gasteiger partial charge on any atom is 0.206 e. The number of rotatable bonds is 2. The van der Waals surface area contributed by atoms with Gasteiger partial charge in [-0.2, -0.15) is 5.26 Å². The number of nitrogens with zero attached hydrogens (tertiary/aromatic N) is 3. The standard InChI is InChI=1S/C16H21N3O/c1-15(20,10-17)14-18-2-3-19(14)16-7-11-4-12(8-16)6-13(5-11)9-16/h2-3,11-13,20H,4-9H2,1H3. The molecule has 1 N–H and O–H groups in total. The van der Waals surface area contributed by atoms with E-state index in [-0.39, 0.29) is 5.54 Å². The molecule has 5 rings (SSSR count). The highest BCUT2D eigenvalue weighted by atomic mass is 16.3. The van der Waals surface area contributed by atoms with Gasteiger partial charge in [-0.15, -0.1) is 0 Å². The van der Waals surface area contributed by atoms with Gasteiger partial charge in [0.2, 0.25) is 5.60 Å². The molecule has 0 aromatic carbocycles. The van der Waals surface area contributed by atoms with E-state index in [1.165, 1.54) is 38.5 Å². The number of aliphatic hydroxyl groups is 1. The number of hydrogen-bond donors (Lipinski definition) is 1. The smallest absolute Gasteiger partial charge is 0.206 e. The molecule has 4 fully saturated rings. The maximum absolute atomic E-state index is 10.3. The molecule has 20 heavy (non-hydrogen) atoms. The van der Waals surface area contributed by atoms with Crippen molar-refractivity contribution in [3.63, 3.8) is 0 Å². The summed E-state index contributed by atoms with van der Waals surface area (Å²) in [6, 6.07) is 1.99. The molecule has 0 aliphatic heterocycles. The molecule has 1 unspecified atom stereocenters. The summed E-state index contributed by atoms with van der Waals surface area (Å²) >= 11 is 0. The lowest BCUT2D eigenvalue weighted by Gasteiger charge is -2.57. The van der Waals surface area contributed by atoms with Crippen molar-refractivity contribution in [1.29, 1.82) is 5.26 Å². The Morgan fingerprint density at radius 2 is 1.85 bits per heavy atom. The predicted molar refractivity (Wildman–Crippen MR) is 73.6 cm³/mol. The van der Waals surface area contributed by atoms with Gasteiger partial charge in [-0.25, -0.2) is 4.98 Å². The molecule has 0 spiro atoms. The van der Waals surface area contributed by atoms with E-state index in [1.807, 2.05) is 12.3 Å². The molecule has 0 radical (unpaired) electrons. The zero-order valence-corrected chi connectivity index (χ0v) is 11.9. The molecule has 1 aromatic rings. The summed E-state index contributed by atoms with van der Waals surface area (Å²) in [5.74, 6) is 3.04. The second kappa shape index (κ2) is 3.85. The predicted octanol–water partition coefficient (Wildman–Crippen LogP) is 2.54. The summed E-state index contributed by atoms with van der Waals surface area (Å²) in [5, 5.41) is 19.5. The summed E-state index contributed by atoms with van der Waals surface area (Å²) < 4.78 is 2.15. The Morgan fingerprint density at radius 3 is 2.35 bits per heavy atom. The van der Waals surface area contributed by atoms with Gasteiger partial charge < -0.3 is 9.67 Å². The van der Waals surface area contributed by atoms with E-state index in [0.717, 1.165) is 17.8 Å². The molecule has 0 amide bonds. The Bertz CT molecular complexity index is 546. The quantitative estimate of drug-likeness (QED) is 0.841. The molecule has 1 aromatic heterocycles. The summed E-state index contributed by atoms with van der Waals surface area (Å²) in [4.78, 5) is 4.31. The van der Waals surface area contributed by atoms with Crippen molar-refractivity contribution in [2.45, 2.75) is 56.6 Å². The van der Waals surface area contributed by atoms with Crippen molar-refractivity contribution >= 4 is 0 Å². The van der Waals surface area contributed by atoms with Crippen LogP contribution in [0, 0.1) is 29.1 Å². The summed E-state index contributed by atoms with van der Waals surface area (Å²) in [5.41, 5.74) is -1.38. The van der Waals surface area contributed by atoms with Gasteiger partial charge in [0.25, 0.3) is 0 Å². The topological polar surface area (TPSA) is 61.8 Å². The van der Waals surface area contributed by atoms with E-state index in [4.69, 9.17) is 0 Å². The SMILES string of the molecule is CC(O)(C#N)c1nccn1C12CC3CC(CC(C3)C1)C2. The van der Waals surface area contributed by atoms with Gasteiger partial charge in [0, 0.05) is 17.9 Å². The number of imidazole rings is 1. The van der Waals surface area contributed by atoms with E-state index in [1.54, 1.807) is 13.1 Å². The van der Waals surface area contributed by atoms with Crippen LogP contribution < -0.4 is 0 Å². The van der Waals surface area contributed by atoms with Crippen molar-refractivity contribution in [2.75, 3.05) is 0 Å². The first kappa shape index (κ1) is 12.4. The fourth-order valence-corrected chi connectivity index (χ4v) is 5.46. The number of aromatic nitrogens is 2. The molecule has 1 heterocycles. The third kappa shape index (κ3) is 1.59. The van der Waals surface area contributed by atoms with Gasteiger partial charge in [-0.1, -0.05) is 0 Å². The van der Waals surface area contributed by atoms with Crippen LogP contribution >= 0.6 is 0 Å².